The van der Waals surface area contributed by atoms with Crippen molar-refractivity contribution in [3.8, 4) is 22.3 Å². The molecule has 8 saturated carbocycles. The topological polar surface area (TPSA) is 0 Å². The summed E-state index contributed by atoms with van der Waals surface area (Å²) in [5.74, 6) is 6.24. The van der Waals surface area contributed by atoms with Crippen molar-refractivity contribution >= 4 is 53.2 Å². The molecule has 8 bridgehead atoms. The Hall–Kier alpha value is -2.22. The van der Waals surface area contributed by atoms with Crippen LogP contribution in [0.3, 0.4) is 0 Å². The molecule has 0 N–H and O–H groups in total. The SMILES string of the molecule is CC(C)(C)c1ccc(-c2cccc3[cH-]c(CC45CC6CC(CC(C6)C4)C5)cc23)cc1.CC(C)(C)c1ccc(-c2cccc3[cH-]c(CC45CC6CC(CC(C6)C4)C5)cc23)cc1.Cl.Cl.[CH3-].[CH3-].[Si]=[Zr]. The summed E-state index contributed by atoms with van der Waals surface area (Å²) in [5.41, 5.74) is 13.1. The van der Waals surface area contributed by atoms with Crippen molar-refractivity contribution in [2.45, 2.75) is 142 Å². The predicted molar refractivity (Wildman–Crippen MR) is 289 cm³/mol. The molecule has 14 rings (SSSR count). The predicted octanol–water partition coefficient (Wildman–Crippen LogP) is 17.9. The number of hydrogen-bond acceptors (Lipinski definition) is 0. The van der Waals surface area contributed by atoms with Crippen LogP contribution in [0.25, 0.3) is 43.8 Å². The molecule has 0 heterocycles. The van der Waals surface area contributed by atoms with Crippen LogP contribution in [0.1, 0.15) is 141 Å². The summed E-state index contributed by atoms with van der Waals surface area (Å²) in [7, 11) is 0. The van der Waals surface area contributed by atoms with Crippen LogP contribution >= 0.6 is 24.8 Å². The van der Waals surface area contributed by atoms with E-state index in [0.29, 0.717) is 10.8 Å². The van der Waals surface area contributed by atoms with Gasteiger partial charge < -0.3 is 14.9 Å². The molecule has 352 valence electrons. The van der Waals surface area contributed by atoms with Gasteiger partial charge >= 0.3 is 30.2 Å². The molecule has 8 aliphatic carbocycles. The average Bonchev–Trinajstić information content (AvgIpc) is 3.83. The first-order valence-electron chi connectivity index (χ1n) is 24.6. The summed E-state index contributed by atoms with van der Waals surface area (Å²) in [6, 6.07) is 42.3. The van der Waals surface area contributed by atoms with Gasteiger partial charge in [0.1, 0.15) is 0 Å². The van der Waals surface area contributed by atoms with Crippen LogP contribution in [0.5, 0.6) is 0 Å². The van der Waals surface area contributed by atoms with Crippen LogP contribution < -0.4 is 0 Å². The molecule has 8 aliphatic rings. The molecule has 0 nitrogen and oxygen atoms in total. The number of rotatable bonds is 6. The third-order valence-corrected chi connectivity index (χ3v) is 17.2. The van der Waals surface area contributed by atoms with Gasteiger partial charge in [-0.2, -0.15) is 12.1 Å². The number of hydrogen-bond donors (Lipinski definition) is 0. The molecular formula is C62H78Cl2SiZr-4. The van der Waals surface area contributed by atoms with E-state index in [1.54, 1.807) is 11.1 Å². The Morgan fingerprint density at radius 1 is 0.470 bits per heavy atom. The van der Waals surface area contributed by atoms with E-state index < -0.39 is 0 Å². The van der Waals surface area contributed by atoms with Crippen molar-refractivity contribution in [3.05, 3.63) is 146 Å². The van der Waals surface area contributed by atoms with E-state index in [1.807, 2.05) is 0 Å². The number of fused-ring (bicyclic) bond motifs is 2. The van der Waals surface area contributed by atoms with Gasteiger partial charge in [0.25, 0.3) is 0 Å². The maximum absolute atomic E-state index is 3.06. The molecule has 2 radical (unpaired) electrons. The molecule has 4 heteroatoms. The molecule has 6 aromatic rings. The van der Waals surface area contributed by atoms with Crippen molar-refractivity contribution in [2.24, 2.45) is 46.3 Å². The Kier molecular flexibility index (Phi) is 16.6. The fraction of sp³-hybridized carbons (Fsp3) is 0.484. The zero-order valence-corrected chi connectivity index (χ0v) is 46.7. The minimum atomic E-state index is 0. The summed E-state index contributed by atoms with van der Waals surface area (Å²) < 4.78 is 0. The average molecular weight is 1010 g/mol. The second-order valence-electron chi connectivity index (χ2n) is 24.2. The molecule has 66 heavy (non-hydrogen) atoms. The normalized spacial score (nSPS) is 27.6. The number of benzene rings is 4. The van der Waals surface area contributed by atoms with Gasteiger partial charge in [-0.05, 0) is 169 Å². The third-order valence-electron chi connectivity index (χ3n) is 17.2. The third kappa shape index (κ3) is 10.7. The summed E-state index contributed by atoms with van der Waals surface area (Å²) in [4.78, 5) is 0. The van der Waals surface area contributed by atoms with Crippen molar-refractivity contribution in [2.75, 3.05) is 0 Å². The van der Waals surface area contributed by atoms with Crippen LogP contribution in [-0.4, -0.2) is 6.88 Å². The molecule has 0 aromatic heterocycles. The monoisotopic (exact) mass is 1010 g/mol. The molecule has 0 amide bonds. The Morgan fingerprint density at radius 3 is 1.03 bits per heavy atom. The minimum absolute atomic E-state index is 0. The quantitative estimate of drug-likeness (QED) is 0.115. The molecule has 6 aromatic carbocycles. The zero-order chi connectivity index (χ0) is 43.0. The van der Waals surface area contributed by atoms with Gasteiger partial charge in [-0.25, -0.2) is 0 Å². The molecule has 8 fully saturated rings. The summed E-state index contributed by atoms with van der Waals surface area (Å²) in [6.07, 6.45) is 20.9. The van der Waals surface area contributed by atoms with E-state index in [-0.39, 0.29) is 50.5 Å². The van der Waals surface area contributed by atoms with E-state index in [0.717, 1.165) is 35.5 Å². The van der Waals surface area contributed by atoms with Crippen molar-refractivity contribution in [3.63, 3.8) is 0 Å². The van der Waals surface area contributed by atoms with E-state index >= 15 is 0 Å². The first-order valence-corrected chi connectivity index (χ1v) is 28.8. The molecular weight excluding hydrogens is 935 g/mol. The van der Waals surface area contributed by atoms with Crippen LogP contribution in [0.4, 0.5) is 0 Å². The molecule has 0 atom stereocenters. The fourth-order valence-electron chi connectivity index (χ4n) is 15.5. The maximum atomic E-state index is 3.06. The van der Waals surface area contributed by atoms with Gasteiger partial charge in [-0.15, -0.1) is 93.9 Å². The molecule has 0 spiro atoms. The van der Waals surface area contributed by atoms with Gasteiger partial charge in [0.05, 0.1) is 0 Å². The van der Waals surface area contributed by atoms with Gasteiger partial charge in [0, 0.05) is 0 Å². The van der Waals surface area contributed by atoms with E-state index in [2.05, 4.69) is 158 Å². The standard InChI is InChI=1S/2C30H35.2CH3.2ClH.Si.Zr/c2*1-29(2,3)26-9-7-24(8-10-26)27-6-4-5-25-14-23(15-28(25)27)19-30-16-20-11-21(17-30)13-22(12-20)18-30;;;;;;/h2*4-10,14-15,20-22H,11-13,16-19H2,1-3H3;2*1H3;2*1H;;/q4*-1;;;;. The Morgan fingerprint density at radius 2 is 0.758 bits per heavy atom. The first kappa shape index (κ1) is 53.1. The summed E-state index contributed by atoms with van der Waals surface area (Å²) in [5, 5.41) is 5.74. The summed E-state index contributed by atoms with van der Waals surface area (Å²) in [6.45, 7) is 16.8. The van der Waals surface area contributed by atoms with Crippen molar-refractivity contribution in [1.29, 1.82) is 0 Å². The first-order chi connectivity index (χ1) is 29.7. The second kappa shape index (κ2) is 20.6. The molecule has 0 aliphatic heterocycles. The second-order valence-corrected chi connectivity index (χ2v) is 24.2. The van der Waals surface area contributed by atoms with E-state index in [4.69, 9.17) is 0 Å². The molecule has 0 saturated heterocycles. The van der Waals surface area contributed by atoms with Crippen LogP contribution in [0.2, 0.25) is 0 Å². The van der Waals surface area contributed by atoms with Crippen LogP contribution in [0, 0.1) is 61.2 Å². The fourth-order valence-corrected chi connectivity index (χ4v) is 15.5. The van der Waals surface area contributed by atoms with Gasteiger partial charge in [-0.3, -0.25) is 0 Å². The van der Waals surface area contributed by atoms with Crippen LogP contribution in [0.15, 0.2) is 109 Å². The number of halogens is 2. The zero-order valence-electron chi connectivity index (χ0n) is 41.6. The van der Waals surface area contributed by atoms with Gasteiger partial charge in [0.15, 0.2) is 0 Å². The summed E-state index contributed by atoms with van der Waals surface area (Å²) >= 11 is 1.36. The van der Waals surface area contributed by atoms with Crippen molar-refractivity contribution in [1.82, 2.24) is 0 Å². The van der Waals surface area contributed by atoms with Crippen molar-refractivity contribution < 1.29 is 23.3 Å². The van der Waals surface area contributed by atoms with Crippen LogP contribution in [-0.2, 0) is 47.0 Å². The van der Waals surface area contributed by atoms with Gasteiger partial charge in [-0.1, -0.05) is 113 Å². The Labute approximate surface area is 430 Å². The molecule has 0 unspecified atom stereocenters. The van der Waals surface area contributed by atoms with E-state index in [9.17, 15) is 0 Å². The van der Waals surface area contributed by atoms with E-state index in [1.165, 1.54) is 168 Å². The Bertz CT molecular complexity index is 2290. The Balaban J connectivity index is 0.000000199. The van der Waals surface area contributed by atoms with Gasteiger partial charge in [0.2, 0.25) is 0 Å².